The number of hydrogen-bond donors (Lipinski definition) is 0. The molecule has 0 aliphatic heterocycles. The lowest BCUT2D eigenvalue weighted by atomic mass is 10.1. The summed E-state index contributed by atoms with van der Waals surface area (Å²) in [6, 6.07) is 7.37. The summed E-state index contributed by atoms with van der Waals surface area (Å²) in [5, 5.41) is 5.92. The van der Waals surface area contributed by atoms with E-state index < -0.39 is 0 Å². The second-order valence-electron chi connectivity index (χ2n) is 7.39. The number of fused-ring (bicyclic) bond motifs is 1. The fraction of sp³-hybridized carbons (Fsp3) is 0.381. The molecular formula is C21H23ClN4O2. The van der Waals surface area contributed by atoms with E-state index in [1.54, 1.807) is 29.8 Å². The lowest BCUT2D eigenvalue weighted by Gasteiger charge is -2.20. The molecule has 0 atom stereocenters. The zero-order valence-corrected chi connectivity index (χ0v) is 17.2. The predicted molar refractivity (Wildman–Crippen MR) is 109 cm³/mol. The lowest BCUT2D eigenvalue weighted by Crippen LogP contribution is -2.27. The summed E-state index contributed by atoms with van der Waals surface area (Å²) < 4.78 is 7.18. The highest BCUT2D eigenvalue weighted by Crippen LogP contribution is 2.40. The molecule has 1 aromatic carbocycles. The number of aromatic nitrogens is 3. The molecule has 4 rings (SSSR count). The first kappa shape index (κ1) is 18.7. The van der Waals surface area contributed by atoms with Crippen molar-refractivity contribution in [1.82, 2.24) is 19.7 Å². The van der Waals surface area contributed by atoms with Crippen molar-refractivity contribution in [2.75, 3.05) is 14.2 Å². The molecule has 1 amide bonds. The highest BCUT2D eigenvalue weighted by Gasteiger charge is 2.29. The minimum atomic E-state index is -0.0626. The number of carbonyl (C=O) groups excluding carboxylic acids is 1. The summed E-state index contributed by atoms with van der Waals surface area (Å²) in [4.78, 5) is 19.9. The normalized spacial score (nSPS) is 13.8. The summed E-state index contributed by atoms with van der Waals surface area (Å²) in [5.41, 5.74) is 4.07. The Morgan fingerprint density at radius 2 is 2.11 bits per heavy atom. The van der Waals surface area contributed by atoms with E-state index in [2.05, 4.69) is 5.10 Å². The SMILES string of the molecule is COc1ccc(Cl)cc1CN(C)C(=O)c1cc(C2CC2)nc2c1c(C)nn2C. The minimum Gasteiger partial charge on any atom is -0.496 e. The molecule has 1 fully saturated rings. The number of carbonyl (C=O) groups is 1. The molecule has 146 valence electrons. The molecular weight excluding hydrogens is 376 g/mol. The fourth-order valence-electron chi connectivity index (χ4n) is 3.62. The molecule has 3 aromatic rings. The summed E-state index contributed by atoms with van der Waals surface area (Å²) >= 11 is 6.14. The number of nitrogens with zero attached hydrogens (tertiary/aromatic N) is 4. The Morgan fingerprint density at radius 3 is 2.79 bits per heavy atom. The van der Waals surface area contributed by atoms with Gasteiger partial charge in [0, 0.05) is 42.8 Å². The number of benzene rings is 1. The zero-order chi connectivity index (χ0) is 20.0. The van der Waals surface area contributed by atoms with Crippen LogP contribution in [-0.4, -0.2) is 39.7 Å². The van der Waals surface area contributed by atoms with Gasteiger partial charge >= 0.3 is 0 Å². The van der Waals surface area contributed by atoms with Crippen LogP contribution in [0.5, 0.6) is 5.75 Å². The van der Waals surface area contributed by atoms with Gasteiger partial charge in [0.2, 0.25) is 0 Å². The topological polar surface area (TPSA) is 60.2 Å². The molecule has 1 aliphatic rings. The van der Waals surface area contributed by atoms with Gasteiger partial charge in [-0.25, -0.2) is 4.98 Å². The van der Waals surface area contributed by atoms with E-state index >= 15 is 0 Å². The van der Waals surface area contributed by atoms with Crippen molar-refractivity contribution in [1.29, 1.82) is 0 Å². The Kier molecular flexibility index (Phi) is 4.75. The van der Waals surface area contributed by atoms with Gasteiger partial charge in [-0.2, -0.15) is 5.10 Å². The summed E-state index contributed by atoms with van der Waals surface area (Å²) in [6.45, 7) is 2.31. The van der Waals surface area contributed by atoms with Crippen molar-refractivity contribution < 1.29 is 9.53 Å². The van der Waals surface area contributed by atoms with Gasteiger partial charge in [0.05, 0.1) is 23.8 Å². The molecule has 0 spiro atoms. The van der Waals surface area contributed by atoms with Crippen molar-refractivity contribution in [3.63, 3.8) is 0 Å². The quantitative estimate of drug-likeness (QED) is 0.649. The molecule has 0 saturated heterocycles. The zero-order valence-electron chi connectivity index (χ0n) is 16.5. The lowest BCUT2D eigenvalue weighted by molar-refractivity contribution is 0.0786. The van der Waals surface area contributed by atoms with Crippen LogP contribution in [0.4, 0.5) is 0 Å². The molecule has 0 bridgehead atoms. The van der Waals surface area contributed by atoms with Crippen LogP contribution in [0.3, 0.4) is 0 Å². The molecule has 6 nitrogen and oxygen atoms in total. The highest BCUT2D eigenvalue weighted by atomic mass is 35.5. The van der Waals surface area contributed by atoms with Gasteiger partial charge in [-0.15, -0.1) is 0 Å². The number of pyridine rings is 1. The smallest absolute Gasteiger partial charge is 0.254 e. The minimum absolute atomic E-state index is 0.0626. The van der Waals surface area contributed by atoms with E-state index in [9.17, 15) is 4.79 Å². The molecule has 28 heavy (non-hydrogen) atoms. The maximum Gasteiger partial charge on any atom is 0.254 e. The standard InChI is InChI=1S/C21H23ClN4O2/c1-12-19-16(10-17(13-5-6-13)23-20(19)26(3)24-12)21(27)25(2)11-14-9-15(22)7-8-18(14)28-4/h7-10,13H,5-6,11H2,1-4H3. The first-order valence-corrected chi connectivity index (χ1v) is 9.69. The Hall–Kier alpha value is -2.60. The van der Waals surface area contributed by atoms with Crippen LogP contribution in [0, 0.1) is 6.92 Å². The van der Waals surface area contributed by atoms with E-state index in [0.29, 0.717) is 28.8 Å². The molecule has 1 saturated carbocycles. The predicted octanol–water partition coefficient (Wildman–Crippen LogP) is 4.09. The average Bonchev–Trinajstić information content (AvgIpc) is 3.47. The Bertz CT molecular complexity index is 1070. The molecule has 2 heterocycles. The maximum atomic E-state index is 13.4. The van der Waals surface area contributed by atoms with Crippen LogP contribution in [0.1, 0.15) is 46.1 Å². The molecule has 1 aliphatic carbocycles. The second-order valence-corrected chi connectivity index (χ2v) is 7.83. The van der Waals surface area contributed by atoms with E-state index in [-0.39, 0.29) is 5.91 Å². The van der Waals surface area contributed by atoms with Gasteiger partial charge in [-0.1, -0.05) is 11.6 Å². The largest absolute Gasteiger partial charge is 0.496 e. The van der Waals surface area contributed by atoms with Crippen LogP contribution in [0.15, 0.2) is 24.3 Å². The van der Waals surface area contributed by atoms with Gasteiger partial charge in [0.25, 0.3) is 5.91 Å². The van der Waals surface area contributed by atoms with Crippen molar-refractivity contribution in [2.45, 2.75) is 32.2 Å². The first-order chi connectivity index (χ1) is 13.4. The second kappa shape index (κ2) is 7.09. The molecule has 7 heteroatoms. The van der Waals surface area contributed by atoms with Crippen molar-refractivity contribution in [3.8, 4) is 5.75 Å². The summed E-state index contributed by atoms with van der Waals surface area (Å²) in [6.07, 6.45) is 2.25. The Labute approximate surface area is 169 Å². The third kappa shape index (κ3) is 3.33. The van der Waals surface area contributed by atoms with Crippen LogP contribution in [-0.2, 0) is 13.6 Å². The van der Waals surface area contributed by atoms with Crippen molar-refractivity contribution >= 4 is 28.5 Å². The molecule has 0 radical (unpaired) electrons. The average molecular weight is 399 g/mol. The third-order valence-electron chi connectivity index (χ3n) is 5.21. The first-order valence-electron chi connectivity index (χ1n) is 9.31. The van der Waals surface area contributed by atoms with Gasteiger partial charge in [0.1, 0.15) is 5.75 Å². The molecule has 0 unspecified atom stereocenters. The van der Waals surface area contributed by atoms with Gasteiger partial charge < -0.3 is 9.64 Å². The van der Waals surface area contributed by atoms with Crippen LogP contribution < -0.4 is 4.74 Å². The number of methoxy groups -OCH3 is 1. The van der Waals surface area contributed by atoms with Crippen molar-refractivity contribution in [3.05, 3.63) is 51.8 Å². The highest BCUT2D eigenvalue weighted by molar-refractivity contribution is 6.30. The number of rotatable bonds is 5. The van der Waals surface area contributed by atoms with Gasteiger partial charge in [-0.3, -0.25) is 9.48 Å². The number of ether oxygens (including phenoxy) is 1. The van der Waals surface area contributed by atoms with Crippen LogP contribution >= 0.6 is 11.6 Å². The van der Waals surface area contributed by atoms with Crippen molar-refractivity contribution in [2.24, 2.45) is 7.05 Å². The number of halogens is 1. The molecule has 0 N–H and O–H groups in total. The van der Waals surface area contributed by atoms with E-state index in [1.165, 1.54) is 0 Å². The van der Waals surface area contributed by atoms with E-state index in [0.717, 1.165) is 40.8 Å². The third-order valence-corrected chi connectivity index (χ3v) is 5.45. The van der Waals surface area contributed by atoms with Gasteiger partial charge in [-0.05, 0) is 44.0 Å². The van der Waals surface area contributed by atoms with E-state index in [1.807, 2.05) is 32.2 Å². The number of amides is 1. The number of aryl methyl sites for hydroxylation is 2. The van der Waals surface area contributed by atoms with Gasteiger partial charge in [0.15, 0.2) is 5.65 Å². The fourth-order valence-corrected chi connectivity index (χ4v) is 3.82. The molecule has 2 aromatic heterocycles. The summed E-state index contributed by atoms with van der Waals surface area (Å²) in [5.74, 6) is 1.09. The van der Waals surface area contributed by atoms with Crippen LogP contribution in [0.25, 0.3) is 11.0 Å². The monoisotopic (exact) mass is 398 g/mol. The summed E-state index contributed by atoms with van der Waals surface area (Å²) in [7, 11) is 5.27. The van der Waals surface area contributed by atoms with E-state index in [4.69, 9.17) is 21.3 Å². The van der Waals surface area contributed by atoms with Crippen LogP contribution in [0.2, 0.25) is 5.02 Å². The number of hydrogen-bond acceptors (Lipinski definition) is 4. The maximum absolute atomic E-state index is 13.4. The Morgan fingerprint density at radius 1 is 1.36 bits per heavy atom. The Balaban J connectivity index is 1.73.